The van der Waals surface area contributed by atoms with E-state index in [0.29, 0.717) is 5.69 Å². The van der Waals surface area contributed by atoms with E-state index in [0.717, 1.165) is 41.2 Å². The van der Waals surface area contributed by atoms with Crippen LogP contribution in [0.1, 0.15) is 30.9 Å². The number of amides is 3. The van der Waals surface area contributed by atoms with Gasteiger partial charge >= 0.3 is 12.4 Å². The van der Waals surface area contributed by atoms with Crippen molar-refractivity contribution in [3.63, 3.8) is 0 Å². The summed E-state index contributed by atoms with van der Waals surface area (Å²) in [5.74, 6) is -1.02. The van der Waals surface area contributed by atoms with Crippen LogP contribution in [0.2, 0.25) is 0 Å². The second-order valence-electron chi connectivity index (χ2n) is 9.67. The smallest absolute Gasteiger partial charge is 0.404 e. The molecule has 1 aliphatic heterocycles. The number of hydrogen-bond donors (Lipinski definition) is 1. The van der Waals surface area contributed by atoms with E-state index in [9.17, 15) is 27.2 Å². The number of halogens is 4. The normalized spacial score (nSPS) is 14.6. The van der Waals surface area contributed by atoms with Crippen LogP contribution in [0.3, 0.4) is 0 Å². The summed E-state index contributed by atoms with van der Waals surface area (Å²) in [4.78, 5) is 39.0. The van der Waals surface area contributed by atoms with Crippen molar-refractivity contribution < 1.29 is 31.9 Å². The maximum absolute atomic E-state index is 15.0. The fourth-order valence-electron chi connectivity index (χ4n) is 4.21. The largest absolute Gasteiger partial charge is 0.573 e. The maximum atomic E-state index is 15.0. The molecule has 15 heteroatoms. The Balaban J connectivity index is 1.31. The molecule has 3 amide bonds. The van der Waals surface area contributed by atoms with Gasteiger partial charge < -0.3 is 10.1 Å². The van der Waals surface area contributed by atoms with Gasteiger partial charge in [-0.05, 0) is 60.4 Å². The van der Waals surface area contributed by atoms with Crippen molar-refractivity contribution in [1.82, 2.24) is 19.7 Å². The fraction of sp³-hybridized carbons (Fsp3) is 0.214. The van der Waals surface area contributed by atoms with Gasteiger partial charge in [0.2, 0.25) is 5.91 Å². The summed E-state index contributed by atoms with van der Waals surface area (Å²) in [5, 5.41) is 6.78. The van der Waals surface area contributed by atoms with Crippen molar-refractivity contribution in [2.45, 2.75) is 33.1 Å². The van der Waals surface area contributed by atoms with E-state index in [-0.39, 0.29) is 45.6 Å². The number of pyridine rings is 1. The molecule has 1 fully saturated rings. The van der Waals surface area contributed by atoms with E-state index in [1.807, 2.05) is 39.0 Å². The quantitative estimate of drug-likeness (QED) is 0.248. The third-order valence-corrected chi connectivity index (χ3v) is 7.08. The van der Waals surface area contributed by atoms with Crippen molar-refractivity contribution in [3.8, 4) is 23.0 Å². The highest BCUT2D eigenvalue weighted by molar-refractivity contribution is 8.15. The number of carbonyl (C=O) groups is 2. The van der Waals surface area contributed by atoms with Gasteiger partial charge in [-0.2, -0.15) is 4.99 Å². The number of anilines is 2. The summed E-state index contributed by atoms with van der Waals surface area (Å²) >= 11 is 1.12. The number of thioether (sulfide) groups is 1. The second-order valence-corrected chi connectivity index (χ2v) is 10.6. The number of amidine groups is 1. The fourth-order valence-corrected chi connectivity index (χ4v) is 5.07. The van der Waals surface area contributed by atoms with E-state index in [1.54, 1.807) is 0 Å². The number of carbonyl (C=O) groups excluding carboxylic acids is 2. The molecule has 4 aromatic rings. The Morgan fingerprint density at radius 2 is 1.91 bits per heavy atom. The van der Waals surface area contributed by atoms with Crippen LogP contribution in [0.4, 0.5) is 33.7 Å². The van der Waals surface area contributed by atoms with Gasteiger partial charge in [-0.15, -0.1) is 18.3 Å². The molecule has 10 nitrogen and oxygen atoms in total. The van der Waals surface area contributed by atoms with Gasteiger partial charge in [0.25, 0.3) is 0 Å². The van der Waals surface area contributed by atoms with Crippen LogP contribution in [-0.2, 0) is 4.79 Å². The zero-order valence-electron chi connectivity index (χ0n) is 22.9. The van der Waals surface area contributed by atoms with Gasteiger partial charge in [0.05, 0.1) is 23.3 Å². The van der Waals surface area contributed by atoms with Crippen molar-refractivity contribution in [2.75, 3.05) is 16.0 Å². The standard InChI is InChI=1S/C28H23F4N7O3S/c1-15(2)19-7-4-16(3)10-22(19)39-24(40)13-43-27(39)36-26(41)35-21-8-5-17(11-20(21)29)25-34-14-38(37-25)23-9-6-18(12-33-23)42-28(30,31)32/h4-12,14-15H,13H2,1-3H3,(H,35,41)/b36-27-. The van der Waals surface area contributed by atoms with Crippen LogP contribution >= 0.6 is 11.8 Å². The summed E-state index contributed by atoms with van der Waals surface area (Å²) in [5.41, 5.74) is 2.63. The molecule has 2 aromatic carbocycles. The summed E-state index contributed by atoms with van der Waals surface area (Å²) in [6.45, 7) is 5.91. The van der Waals surface area contributed by atoms with Gasteiger partial charge in [-0.3, -0.25) is 9.69 Å². The number of nitrogens with one attached hydrogen (secondary N) is 1. The number of urea groups is 1. The third kappa shape index (κ3) is 6.83. The van der Waals surface area contributed by atoms with Crippen molar-refractivity contribution in [2.24, 2.45) is 4.99 Å². The van der Waals surface area contributed by atoms with Gasteiger partial charge in [-0.25, -0.2) is 23.8 Å². The topological polar surface area (TPSA) is 115 Å². The van der Waals surface area contributed by atoms with E-state index in [4.69, 9.17) is 0 Å². The van der Waals surface area contributed by atoms with Crippen LogP contribution in [0.15, 0.2) is 66.0 Å². The van der Waals surface area contributed by atoms with E-state index < -0.39 is 24.0 Å². The zero-order valence-corrected chi connectivity index (χ0v) is 23.7. The molecule has 0 radical (unpaired) electrons. The summed E-state index contributed by atoms with van der Waals surface area (Å²) in [7, 11) is 0. The number of aryl methyl sites for hydroxylation is 1. The molecule has 222 valence electrons. The number of alkyl halides is 3. The zero-order chi connectivity index (χ0) is 30.9. The number of aliphatic imine (C=N–C) groups is 1. The van der Waals surface area contributed by atoms with Gasteiger partial charge in [0, 0.05) is 5.56 Å². The monoisotopic (exact) mass is 613 g/mol. The Labute approximate surface area is 246 Å². The molecule has 0 aliphatic carbocycles. The minimum atomic E-state index is -4.85. The summed E-state index contributed by atoms with van der Waals surface area (Å²) in [6.07, 6.45) is -2.70. The number of rotatable bonds is 6. The molecule has 0 unspecified atom stereocenters. The SMILES string of the molecule is Cc1ccc(C(C)C)c(N2C(=O)CS/C2=N\C(=O)Nc2ccc(-c3ncn(-c4ccc(OC(F)(F)F)cn4)n3)cc2F)c1. The van der Waals surface area contributed by atoms with Crippen molar-refractivity contribution in [1.29, 1.82) is 0 Å². The predicted octanol–water partition coefficient (Wildman–Crippen LogP) is 6.47. The molecule has 0 atom stereocenters. The summed E-state index contributed by atoms with van der Waals surface area (Å²) in [6, 6.07) is 11.1. The predicted molar refractivity (Wildman–Crippen MR) is 153 cm³/mol. The van der Waals surface area contributed by atoms with E-state index >= 15 is 0 Å². The molecule has 0 spiro atoms. The summed E-state index contributed by atoms with van der Waals surface area (Å²) < 4.78 is 57.1. The average molecular weight is 614 g/mol. The molecular formula is C28H23F4N7O3S. The maximum Gasteiger partial charge on any atom is 0.573 e. The lowest BCUT2D eigenvalue weighted by molar-refractivity contribution is -0.274. The highest BCUT2D eigenvalue weighted by Gasteiger charge is 2.33. The van der Waals surface area contributed by atoms with Gasteiger partial charge in [-0.1, -0.05) is 37.7 Å². The number of aromatic nitrogens is 4. The van der Waals surface area contributed by atoms with Crippen molar-refractivity contribution in [3.05, 3.63) is 78.0 Å². The Bertz CT molecular complexity index is 1720. The van der Waals surface area contributed by atoms with Crippen LogP contribution in [0.5, 0.6) is 5.75 Å². The number of hydrogen-bond acceptors (Lipinski definition) is 7. The van der Waals surface area contributed by atoms with Crippen LogP contribution in [-0.4, -0.2) is 49.0 Å². The Hall–Kier alpha value is -4.79. The molecule has 1 N–H and O–H groups in total. The molecule has 43 heavy (non-hydrogen) atoms. The molecule has 0 saturated carbocycles. The minimum Gasteiger partial charge on any atom is -0.404 e. The Morgan fingerprint density at radius 1 is 1.12 bits per heavy atom. The first kappa shape index (κ1) is 29.7. The first-order valence-corrected chi connectivity index (χ1v) is 13.8. The molecule has 1 aliphatic rings. The van der Waals surface area contributed by atoms with Crippen LogP contribution in [0.25, 0.3) is 17.2 Å². The highest BCUT2D eigenvalue weighted by atomic mass is 32.2. The molecule has 3 heterocycles. The molecular weight excluding hydrogens is 590 g/mol. The lowest BCUT2D eigenvalue weighted by Gasteiger charge is -2.22. The molecule has 5 rings (SSSR count). The second kappa shape index (κ2) is 11.8. The van der Waals surface area contributed by atoms with Crippen LogP contribution in [0, 0.1) is 12.7 Å². The van der Waals surface area contributed by atoms with E-state index in [2.05, 4.69) is 30.1 Å². The first-order valence-electron chi connectivity index (χ1n) is 12.8. The number of nitrogens with zero attached hydrogens (tertiary/aromatic N) is 6. The molecule has 0 bridgehead atoms. The van der Waals surface area contributed by atoms with Crippen molar-refractivity contribution >= 4 is 40.2 Å². The average Bonchev–Trinajstić information content (AvgIpc) is 3.56. The van der Waals surface area contributed by atoms with Crippen LogP contribution < -0.4 is 15.0 Å². The molecule has 2 aromatic heterocycles. The first-order chi connectivity index (χ1) is 20.4. The molecule has 1 saturated heterocycles. The number of ether oxygens (including phenoxy) is 1. The lowest BCUT2D eigenvalue weighted by atomic mass is 9.99. The van der Waals surface area contributed by atoms with Gasteiger partial charge in [0.1, 0.15) is 17.9 Å². The van der Waals surface area contributed by atoms with Gasteiger partial charge in [0.15, 0.2) is 16.8 Å². The third-order valence-electron chi connectivity index (χ3n) is 6.16. The van der Waals surface area contributed by atoms with E-state index in [1.165, 1.54) is 34.1 Å². The Kier molecular flexibility index (Phi) is 8.17. The lowest BCUT2D eigenvalue weighted by Crippen LogP contribution is -2.31. The minimum absolute atomic E-state index is 0.102. The highest BCUT2D eigenvalue weighted by Crippen LogP contribution is 2.34. The Morgan fingerprint density at radius 3 is 2.58 bits per heavy atom. The number of benzene rings is 2.